The molecule has 0 bridgehead atoms. The quantitative estimate of drug-likeness (QED) is 0.328. The van der Waals surface area contributed by atoms with Crippen LogP contribution in [0.15, 0.2) is 121 Å². The molecule has 1 N–H and O–H groups in total. The molecule has 0 heterocycles. The summed E-state index contributed by atoms with van der Waals surface area (Å²) in [4.78, 5) is 13.0. The highest BCUT2D eigenvalue weighted by Gasteiger charge is 2.32. The first-order valence-electron chi connectivity index (χ1n) is 10.9. The smallest absolute Gasteiger partial charge is 0.340 e. The van der Waals surface area contributed by atoms with Crippen LogP contribution in [0, 0.1) is 0 Å². The second-order valence-corrected chi connectivity index (χ2v) is 7.71. The summed E-state index contributed by atoms with van der Waals surface area (Å²) in [5.41, 5.74) is 3.16. The van der Waals surface area contributed by atoms with Crippen molar-refractivity contribution in [1.82, 2.24) is 0 Å². The van der Waals surface area contributed by atoms with Crippen molar-refractivity contribution in [2.45, 2.75) is 24.9 Å². The SMILES string of the molecule is O=C(O[C@H](c1ccccc1)[C@H](OCc1ccccc1)c1ccccc1)[C@@H](O)c1ccccc1. The van der Waals surface area contributed by atoms with Crippen LogP contribution in [0.2, 0.25) is 0 Å². The minimum absolute atomic E-state index is 0.350. The van der Waals surface area contributed by atoms with Gasteiger partial charge < -0.3 is 14.6 Å². The molecule has 0 aliphatic carbocycles. The molecular formula is C29H26O4. The number of aliphatic hydroxyl groups excluding tert-OH is 1. The van der Waals surface area contributed by atoms with Crippen molar-refractivity contribution < 1.29 is 19.4 Å². The summed E-state index contributed by atoms with van der Waals surface area (Å²) in [7, 11) is 0. The molecule has 0 amide bonds. The predicted octanol–water partition coefficient (Wildman–Crippen LogP) is 5.96. The first-order chi connectivity index (χ1) is 16.2. The van der Waals surface area contributed by atoms with Crippen molar-refractivity contribution >= 4 is 5.97 Å². The van der Waals surface area contributed by atoms with Gasteiger partial charge >= 0.3 is 5.97 Å². The van der Waals surface area contributed by atoms with Crippen molar-refractivity contribution in [3.63, 3.8) is 0 Å². The topological polar surface area (TPSA) is 55.8 Å². The van der Waals surface area contributed by atoms with E-state index in [1.807, 2.05) is 97.1 Å². The molecule has 0 saturated carbocycles. The fourth-order valence-electron chi connectivity index (χ4n) is 3.67. The van der Waals surface area contributed by atoms with E-state index >= 15 is 0 Å². The summed E-state index contributed by atoms with van der Waals surface area (Å²) in [5.74, 6) is -0.723. The minimum Gasteiger partial charge on any atom is -0.452 e. The largest absolute Gasteiger partial charge is 0.452 e. The predicted molar refractivity (Wildman–Crippen MR) is 127 cm³/mol. The van der Waals surface area contributed by atoms with Gasteiger partial charge in [0.1, 0.15) is 6.10 Å². The summed E-state index contributed by atoms with van der Waals surface area (Å²) in [6.07, 6.45) is -2.70. The van der Waals surface area contributed by atoms with Crippen LogP contribution in [-0.4, -0.2) is 11.1 Å². The van der Waals surface area contributed by atoms with Gasteiger partial charge in [0.15, 0.2) is 12.2 Å². The highest BCUT2D eigenvalue weighted by Crippen LogP contribution is 2.37. The second-order valence-electron chi connectivity index (χ2n) is 7.71. The van der Waals surface area contributed by atoms with E-state index in [9.17, 15) is 9.90 Å². The number of esters is 1. The van der Waals surface area contributed by atoms with Gasteiger partial charge in [-0.05, 0) is 22.3 Å². The molecule has 166 valence electrons. The first-order valence-corrected chi connectivity index (χ1v) is 10.9. The van der Waals surface area contributed by atoms with E-state index in [1.165, 1.54) is 0 Å². The third-order valence-electron chi connectivity index (χ3n) is 5.39. The van der Waals surface area contributed by atoms with E-state index in [0.29, 0.717) is 12.2 Å². The Labute approximate surface area is 194 Å². The van der Waals surface area contributed by atoms with Gasteiger partial charge in [-0.1, -0.05) is 121 Å². The molecule has 4 nitrogen and oxygen atoms in total. The maximum atomic E-state index is 13.0. The zero-order chi connectivity index (χ0) is 22.9. The average molecular weight is 439 g/mol. The summed E-state index contributed by atoms with van der Waals surface area (Å²) in [6.45, 7) is 0.350. The van der Waals surface area contributed by atoms with E-state index in [0.717, 1.165) is 16.7 Å². The zero-order valence-electron chi connectivity index (χ0n) is 18.2. The van der Waals surface area contributed by atoms with Crippen LogP contribution in [0.4, 0.5) is 0 Å². The van der Waals surface area contributed by atoms with E-state index in [2.05, 4.69) is 0 Å². The Balaban J connectivity index is 1.65. The Hall–Kier alpha value is -3.73. The number of carbonyl (C=O) groups excluding carboxylic acids is 1. The Morgan fingerprint density at radius 1 is 0.606 bits per heavy atom. The van der Waals surface area contributed by atoms with Gasteiger partial charge in [0.25, 0.3) is 0 Å². The lowest BCUT2D eigenvalue weighted by atomic mass is 9.97. The Morgan fingerprint density at radius 3 is 1.55 bits per heavy atom. The van der Waals surface area contributed by atoms with Gasteiger partial charge in [-0.25, -0.2) is 4.79 Å². The molecular weight excluding hydrogens is 412 g/mol. The molecule has 4 aromatic carbocycles. The van der Waals surface area contributed by atoms with Gasteiger partial charge in [-0.2, -0.15) is 0 Å². The fourth-order valence-corrected chi connectivity index (χ4v) is 3.67. The van der Waals surface area contributed by atoms with Crippen molar-refractivity contribution in [1.29, 1.82) is 0 Å². The lowest BCUT2D eigenvalue weighted by Crippen LogP contribution is -2.24. The van der Waals surface area contributed by atoms with E-state index < -0.39 is 24.3 Å². The Kier molecular flexibility index (Phi) is 7.64. The first kappa shape index (κ1) is 22.5. The summed E-state index contributed by atoms with van der Waals surface area (Å²) >= 11 is 0. The number of aliphatic hydroxyl groups is 1. The van der Waals surface area contributed by atoms with Crippen LogP contribution in [0.5, 0.6) is 0 Å². The molecule has 4 aromatic rings. The summed E-state index contributed by atoms with van der Waals surface area (Å²) < 4.78 is 12.3. The summed E-state index contributed by atoms with van der Waals surface area (Å²) in [6, 6.07) is 37.8. The van der Waals surface area contributed by atoms with Gasteiger partial charge in [-0.15, -0.1) is 0 Å². The van der Waals surface area contributed by atoms with Crippen LogP contribution in [0.25, 0.3) is 0 Å². The van der Waals surface area contributed by atoms with Crippen LogP contribution in [0.1, 0.15) is 40.6 Å². The summed E-state index contributed by atoms with van der Waals surface area (Å²) in [5, 5.41) is 10.6. The molecule has 4 rings (SSSR count). The molecule has 4 heteroatoms. The highest BCUT2D eigenvalue weighted by molar-refractivity contribution is 5.76. The minimum atomic E-state index is -1.39. The van der Waals surface area contributed by atoms with Gasteiger partial charge in [0.2, 0.25) is 0 Å². The van der Waals surface area contributed by atoms with Crippen molar-refractivity contribution in [3.05, 3.63) is 144 Å². The number of carbonyl (C=O) groups is 1. The van der Waals surface area contributed by atoms with E-state index in [4.69, 9.17) is 9.47 Å². The maximum absolute atomic E-state index is 13.0. The molecule has 0 saturated heterocycles. The number of hydrogen-bond acceptors (Lipinski definition) is 4. The molecule has 0 aliphatic heterocycles. The third kappa shape index (κ3) is 5.95. The number of ether oxygens (including phenoxy) is 2. The number of hydrogen-bond donors (Lipinski definition) is 1. The van der Waals surface area contributed by atoms with Crippen LogP contribution in [0.3, 0.4) is 0 Å². The molecule has 0 aliphatic rings. The van der Waals surface area contributed by atoms with E-state index in [1.54, 1.807) is 24.3 Å². The van der Waals surface area contributed by atoms with Gasteiger partial charge in [0.05, 0.1) is 6.61 Å². The van der Waals surface area contributed by atoms with Crippen LogP contribution in [-0.2, 0) is 20.9 Å². The van der Waals surface area contributed by atoms with Gasteiger partial charge in [0, 0.05) is 0 Å². The number of rotatable bonds is 9. The average Bonchev–Trinajstić information content (AvgIpc) is 2.90. The molecule has 3 atom stereocenters. The standard InChI is InChI=1S/C29H26O4/c30-26(23-15-7-2-8-16-23)29(31)33-28(25-19-11-4-12-20-25)27(24-17-9-3-10-18-24)32-21-22-13-5-1-6-14-22/h1-20,26-28,30H,21H2/t26-,27+,28+/m0/s1. The lowest BCUT2D eigenvalue weighted by molar-refractivity contribution is -0.170. The van der Waals surface area contributed by atoms with Crippen LogP contribution < -0.4 is 0 Å². The van der Waals surface area contributed by atoms with Crippen LogP contribution >= 0.6 is 0 Å². The molecule has 0 unspecified atom stereocenters. The maximum Gasteiger partial charge on any atom is 0.340 e. The Morgan fingerprint density at radius 2 is 1.03 bits per heavy atom. The van der Waals surface area contributed by atoms with E-state index in [-0.39, 0.29) is 0 Å². The highest BCUT2D eigenvalue weighted by atomic mass is 16.6. The van der Waals surface area contributed by atoms with Gasteiger partial charge in [-0.3, -0.25) is 0 Å². The molecule has 33 heavy (non-hydrogen) atoms. The fraction of sp³-hybridized carbons (Fsp3) is 0.138. The molecule has 0 fully saturated rings. The normalized spacial score (nSPS) is 13.6. The Bertz CT molecular complexity index is 1120. The molecule has 0 spiro atoms. The zero-order valence-corrected chi connectivity index (χ0v) is 18.2. The van der Waals surface area contributed by atoms with Crippen molar-refractivity contribution in [2.24, 2.45) is 0 Å². The second kappa shape index (κ2) is 11.2. The lowest BCUT2D eigenvalue weighted by Gasteiger charge is -2.29. The third-order valence-corrected chi connectivity index (χ3v) is 5.39. The number of benzene rings is 4. The molecule has 0 radical (unpaired) electrons. The monoisotopic (exact) mass is 438 g/mol. The molecule has 0 aromatic heterocycles. The van der Waals surface area contributed by atoms with Crippen molar-refractivity contribution in [3.8, 4) is 0 Å². The van der Waals surface area contributed by atoms with Crippen molar-refractivity contribution in [2.75, 3.05) is 0 Å².